The summed E-state index contributed by atoms with van der Waals surface area (Å²) < 4.78 is 29.5. The topological polar surface area (TPSA) is 134 Å². The molecule has 1 aliphatic carbocycles. The van der Waals surface area contributed by atoms with Crippen molar-refractivity contribution in [2.24, 2.45) is 0 Å². The highest BCUT2D eigenvalue weighted by atomic mass is 32.2. The lowest BCUT2D eigenvalue weighted by molar-refractivity contribution is -0.120. The molecule has 3 heterocycles. The molecule has 0 aromatic carbocycles. The molecule has 4 rings (SSSR count). The summed E-state index contributed by atoms with van der Waals surface area (Å²) in [6, 6.07) is 3.04. The minimum atomic E-state index is -1.18. The van der Waals surface area contributed by atoms with Crippen molar-refractivity contribution >= 4 is 39.2 Å². The lowest BCUT2D eigenvalue weighted by atomic mass is 9.89. The molecular weight excluding hydrogens is 453 g/mol. The molecule has 0 radical (unpaired) electrons. The molecule has 3 aromatic heterocycles. The average Bonchev–Trinajstić information content (AvgIpc) is 3.53. The van der Waals surface area contributed by atoms with E-state index in [0.717, 1.165) is 12.8 Å². The maximum atomic E-state index is 14.7. The van der Waals surface area contributed by atoms with E-state index in [0.29, 0.717) is 22.1 Å². The van der Waals surface area contributed by atoms with Crippen LogP contribution in [-0.4, -0.2) is 35.3 Å². The van der Waals surface area contributed by atoms with Crippen LogP contribution in [0.5, 0.6) is 0 Å². The Morgan fingerprint density at radius 3 is 2.78 bits per heavy atom. The van der Waals surface area contributed by atoms with Crippen molar-refractivity contribution < 1.29 is 13.4 Å². The molecule has 1 fully saturated rings. The molecular formula is C20H18FN7O2S2. The highest BCUT2D eigenvalue weighted by Gasteiger charge is 2.34. The maximum absolute atomic E-state index is 14.7. The zero-order valence-electron chi connectivity index (χ0n) is 17.1. The number of nitrogens with zero attached hydrogens (tertiary/aromatic N) is 5. The monoisotopic (exact) mass is 471 g/mol. The number of amides is 1. The molecule has 1 amide bonds. The molecule has 9 nitrogen and oxygen atoms in total. The quantitative estimate of drug-likeness (QED) is 0.541. The van der Waals surface area contributed by atoms with E-state index in [1.165, 1.54) is 36.0 Å². The number of aromatic nitrogens is 4. The predicted molar refractivity (Wildman–Crippen MR) is 118 cm³/mol. The molecule has 0 spiro atoms. The molecule has 164 valence electrons. The number of hydrogen-bond donors (Lipinski definition) is 2. The van der Waals surface area contributed by atoms with Crippen molar-refractivity contribution in [3.63, 3.8) is 0 Å². The fourth-order valence-corrected chi connectivity index (χ4v) is 4.78. The summed E-state index contributed by atoms with van der Waals surface area (Å²) >= 11 is 1.26. The summed E-state index contributed by atoms with van der Waals surface area (Å²) in [6.07, 6.45) is 5.89. The van der Waals surface area contributed by atoms with Gasteiger partial charge in [-0.25, -0.2) is 23.6 Å². The number of halogens is 1. The third kappa shape index (κ3) is 4.63. The molecule has 32 heavy (non-hydrogen) atoms. The van der Waals surface area contributed by atoms with E-state index in [2.05, 4.69) is 30.0 Å². The first-order valence-electron chi connectivity index (χ1n) is 9.60. The lowest BCUT2D eigenvalue weighted by Gasteiger charge is -2.21. The highest BCUT2D eigenvalue weighted by Crippen LogP contribution is 2.31. The predicted octanol–water partition coefficient (Wildman–Crippen LogP) is 3.16. The van der Waals surface area contributed by atoms with Crippen molar-refractivity contribution in [3.05, 3.63) is 47.2 Å². The van der Waals surface area contributed by atoms with Crippen molar-refractivity contribution in [1.82, 2.24) is 19.9 Å². The van der Waals surface area contributed by atoms with Gasteiger partial charge < -0.3 is 5.32 Å². The summed E-state index contributed by atoms with van der Waals surface area (Å²) in [7, 11) is -1.18. The van der Waals surface area contributed by atoms with E-state index < -0.39 is 28.1 Å². The first kappa shape index (κ1) is 21.9. The van der Waals surface area contributed by atoms with Gasteiger partial charge in [0.2, 0.25) is 5.91 Å². The normalized spacial score (nSPS) is 14.4. The molecule has 0 aliphatic heterocycles. The minimum absolute atomic E-state index is 0.0973. The van der Waals surface area contributed by atoms with Gasteiger partial charge in [0, 0.05) is 17.1 Å². The molecule has 0 bridgehead atoms. The number of carbonyl (C=O) groups is 1. The standard InChI is InChI=1S/C20H18FN7O2S2/c1-20(2,16-10-31-19(26-16)28-32(30)13-3-4-13)18(29)27-17-14(21)5-11(7-24-17)15-9-23-8-12(6-22)25-15/h5,7-10,13H,3-4H2,1-2H3,(H,26,28)(H,24,27,29). The van der Waals surface area contributed by atoms with E-state index in [1.807, 2.05) is 6.07 Å². The Kier molecular flexibility index (Phi) is 5.94. The SMILES string of the molecule is CC(C)(C(=O)Nc1ncc(-c2cncc(C#N)n2)cc1F)c1csc(NS(=O)C2CC2)n1. The second kappa shape index (κ2) is 8.68. The maximum Gasteiger partial charge on any atom is 0.237 e. The summed E-state index contributed by atoms with van der Waals surface area (Å²) in [6.45, 7) is 3.32. The molecule has 0 saturated heterocycles. The Balaban J connectivity index is 1.48. The largest absolute Gasteiger partial charge is 0.307 e. The summed E-state index contributed by atoms with van der Waals surface area (Å²) in [5.74, 6) is -1.49. The van der Waals surface area contributed by atoms with Gasteiger partial charge in [0.05, 0.1) is 34.4 Å². The van der Waals surface area contributed by atoms with Crippen molar-refractivity contribution in [3.8, 4) is 17.3 Å². The minimum Gasteiger partial charge on any atom is -0.307 e. The Bertz CT molecular complexity index is 1250. The van der Waals surface area contributed by atoms with Gasteiger partial charge in [0.1, 0.15) is 17.1 Å². The van der Waals surface area contributed by atoms with Crippen LogP contribution in [0.2, 0.25) is 0 Å². The smallest absolute Gasteiger partial charge is 0.237 e. The number of hydrogen-bond acceptors (Lipinski definition) is 8. The lowest BCUT2D eigenvalue weighted by Crippen LogP contribution is -2.35. The Morgan fingerprint density at radius 1 is 1.31 bits per heavy atom. The van der Waals surface area contributed by atoms with Gasteiger partial charge >= 0.3 is 0 Å². The Hall–Kier alpha value is -3.30. The van der Waals surface area contributed by atoms with E-state index in [1.54, 1.807) is 19.2 Å². The van der Waals surface area contributed by atoms with Crippen LogP contribution in [0.25, 0.3) is 11.3 Å². The third-order valence-electron chi connectivity index (χ3n) is 4.85. The van der Waals surface area contributed by atoms with Gasteiger partial charge in [-0.2, -0.15) is 5.26 Å². The van der Waals surface area contributed by atoms with Crippen molar-refractivity contribution in [2.75, 3.05) is 10.0 Å². The van der Waals surface area contributed by atoms with Crippen LogP contribution in [0.1, 0.15) is 38.1 Å². The van der Waals surface area contributed by atoms with Crippen LogP contribution in [0.4, 0.5) is 15.3 Å². The number of nitriles is 1. The van der Waals surface area contributed by atoms with Crippen LogP contribution in [0.3, 0.4) is 0 Å². The molecule has 1 aliphatic rings. The fraction of sp³-hybridized carbons (Fsp3) is 0.300. The van der Waals surface area contributed by atoms with Gasteiger partial charge in [-0.3, -0.25) is 14.5 Å². The molecule has 12 heteroatoms. The van der Waals surface area contributed by atoms with Crippen LogP contribution in [0, 0.1) is 17.1 Å². The number of thiazole rings is 1. The molecule has 3 aromatic rings. The molecule has 1 saturated carbocycles. The van der Waals surface area contributed by atoms with Gasteiger partial charge in [0.15, 0.2) is 22.5 Å². The van der Waals surface area contributed by atoms with Crippen LogP contribution >= 0.6 is 11.3 Å². The van der Waals surface area contributed by atoms with Crippen molar-refractivity contribution in [2.45, 2.75) is 37.4 Å². The first-order chi connectivity index (χ1) is 15.3. The van der Waals surface area contributed by atoms with Crippen molar-refractivity contribution in [1.29, 1.82) is 5.26 Å². The van der Waals surface area contributed by atoms with Crippen LogP contribution < -0.4 is 10.0 Å². The van der Waals surface area contributed by atoms with Gasteiger partial charge in [-0.1, -0.05) is 0 Å². The Morgan fingerprint density at radius 2 is 2.09 bits per heavy atom. The number of rotatable bonds is 7. The summed E-state index contributed by atoms with van der Waals surface area (Å²) in [5, 5.41) is 13.8. The summed E-state index contributed by atoms with van der Waals surface area (Å²) in [5.41, 5.74) is 0.0932. The van der Waals surface area contributed by atoms with Crippen LogP contribution in [0.15, 0.2) is 30.0 Å². The van der Waals surface area contributed by atoms with Crippen LogP contribution in [-0.2, 0) is 21.2 Å². The van der Waals surface area contributed by atoms with Gasteiger partial charge in [-0.05, 0) is 32.8 Å². The zero-order chi connectivity index (χ0) is 22.9. The molecule has 1 atom stereocenters. The highest BCUT2D eigenvalue weighted by molar-refractivity contribution is 7.87. The fourth-order valence-electron chi connectivity index (χ4n) is 2.67. The number of anilines is 2. The van der Waals surface area contributed by atoms with E-state index in [-0.39, 0.29) is 16.8 Å². The average molecular weight is 472 g/mol. The first-order valence-corrected chi connectivity index (χ1v) is 11.7. The number of nitrogens with one attached hydrogen (secondary N) is 2. The second-order valence-corrected chi connectivity index (χ2v) is 10.00. The molecule has 2 N–H and O–H groups in total. The van der Waals surface area contributed by atoms with E-state index in [9.17, 15) is 13.4 Å². The number of pyridine rings is 1. The summed E-state index contributed by atoms with van der Waals surface area (Å²) in [4.78, 5) is 29.2. The third-order valence-corrected chi connectivity index (χ3v) is 7.20. The zero-order valence-corrected chi connectivity index (χ0v) is 18.8. The second-order valence-electron chi connectivity index (χ2n) is 7.67. The Labute approximate surface area is 189 Å². The number of carbonyl (C=O) groups excluding carboxylic acids is 1. The van der Waals surface area contributed by atoms with Gasteiger partial charge in [0.25, 0.3) is 0 Å². The molecule has 1 unspecified atom stereocenters. The van der Waals surface area contributed by atoms with E-state index >= 15 is 0 Å². The van der Waals surface area contributed by atoms with Gasteiger partial charge in [-0.15, -0.1) is 11.3 Å². The van der Waals surface area contributed by atoms with E-state index in [4.69, 9.17) is 5.26 Å².